The number of amides is 2. The zero-order chi connectivity index (χ0) is 16.7. The summed E-state index contributed by atoms with van der Waals surface area (Å²) in [6.45, 7) is 3.54. The van der Waals surface area contributed by atoms with Crippen molar-refractivity contribution < 1.29 is 14.3 Å². The number of hydrogen-bond donors (Lipinski definition) is 2. The maximum atomic E-state index is 11.9. The molecule has 6 nitrogen and oxygen atoms in total. The highest BCUT2D eigenvalue weighted by Crippen LogP contribution is 2.18. The van der Waals surface area contributed by atoms with E-state index >= 15 is 0 Å². The van der Waals surface area contributed by atoms with Crippen LogP contribution >= 0.6 is 12.4 Å². The molecule has 0 bridgehead atoms. The van der Waals surface area contributed by atoms with Gasteiger partial charge < -0.3 is 20.7 Å². The van der Waals surface area contributed by atoms with Crippen molar-refractivity contribution in [3.63, 3.8) is 0 Å². The first-order chi connectivity index (χ1) is 11.0. The molecule has 1 aromatic carbocycles. The van der Waals surface area contributed by atoms with E-state index < -0.39 is 0 Å². The molecule has 1 unspecified atom stereocenters. The van der Waals surface area contributed by atoms with Crippen molar-refractivity contribution >= 4 is 29.9 Å². The molecule has 0 aromatic heterocycles. The van der Waals surface area contributed by atoms with Gasteiger partial charge in [0.25, 0.3) is 5.91 Å². The average Bonchev–Trinajstić information content (AvgIpc) is 3.05. The minimum Gasteiger partial charge on any atom is -0.484 e. The van der Waals surface area contributed by atoms with Gasteiger partial charge in [-0.3, -0.25) is 9.59 Å². The fourth-order valence-corrected chi connectivity index (χ4v) is 2.45. The Balaban J connectivity index is 0.00000288. The number of carbonyl (C=O) groups is 2. The lowest BCUT2D eigenvalue weighted by Crippen LogP contribution is -2.32. The Hall–Kier alpha value is -1.79. The van der Waals surface area contributed by atoms with E-state index in [0.717, 1.165) is 25.9 Å². The maximum Gasteiger partial charge on any atom is 0.260 e. The smallest absolute Gasteiger partial charge is 0.260 e. The van der Waals surface area contributed by atoms with Crippen LogP contribution in [0, 0.1) is 0 Å². The van der Waals surface area contributed by atoms with Crippen molar-refractivity contribution in [2.45, 2.75) is 38.6 Å². The number of anilines is 1. The van der Waals surface area contributed by atoms with Gasteiger partial charge in [0.05, 0.1) is 0 Å². The van der Waals surface area contributed by atoms with Crippen LogP contribution in [0.15, 0.2) is 24.3 Å². The number of rotatable bonds is 7. The highest BCUT2D eigenvalue weighted by molar-refractivity contribution is 5.90. The summed E-state index contributed by atoms with van der Waals surface area (Å²) in [4.78, 5) is 25.6. The van der Waals surface area contributed by atoms with Gasteiger partial charge in [-0.25, -0.2) is 0 Å². The van der Waals surface area contributed by atoms with Gasteiger partial charge >= 0.3 is 0 Å². The number of carbonyl (C=O) groups excluding carboxylic acids is 2. The monoisotopic (exact) mass is 355 g/mol. The molecule has 1 aromatic rings. The van der Waals surface area contributed by atoms with Crippen LogP contribution in [0.2, 0.25) is 0 Å². The number of benzene rings is 1. The van der Waals surface area contributed by atoms with Crippen LogP contribution in [0.1, 0.15) is 32.6 Å². The van der Waals surface area contributed by atoms with Crippen LogP contribution in [0.25, 0.3) is 0 Å². The summed E-state index contributed by atoms with van der Waals surface area (Å²) >= 11 is 0. The van der Waals surface area contributed by atoms with Gasteiger partial charge in [-0.05, 0) is 38.3 Å². The second kappa shape index (κ2) is 10.2. The Morgan fingerprint density at radius 1 is 1.33 bits per heavy atom. The van der Waals surface area contributed by atoms with Crippen molar-refractivity contribution in [1.29, 1.82) is 0 Å². The number of nitrogens with two attached hydrogens (primary N) is 1. The Kier molecular flexibility index (Phi) is 8.57. The quantitative estimate of drug-likeness (QED) is 0.785. The van der Waals surface area contributed by atoms with E-state index in [0.29, 0.717) is 24.3 Å². The van der Waals surface area contributed by atoms with E-state index in [1.165, 1.54) is 0 Å². The summed E-state index contributed by atoms with van der Waals surface area (Å²) in [5, 5.41) is 2.81. The fourth-order valence-electron chi connectivity index (χ4n) is 2.45. The van der Waals surface area contributed by atoms with E-state index in [1.807, 2.05) is 11.8 Å². The lowest BCUT2D eigenvalue weighted by molar-refractivity contribution is -0.132. The Bertz CT molecular complexity index is 546. The number of likely N-dealkylation sites (tertiary alicyclic amines) is 1. The normalized spacial score (nSPS) is 14.7. The lowest BCUT2D eigenvalue weighted by Gasteiger charge is -2.15. The summed E-state index contributed by atoms with van der Waals surface area (Å²) < 4.78 is 5.54. The van der Waals surface area contributed by atoms with Crippen molar-refractivity contribution in [1.82, 2.24) is 4.90 Å². The lowest BCUT2D eigenvalue weighted by atomic mass is 10.2. The third-order valence-electron chi connectivity index (χ3n) is 3.77. The summed E-state index contributed by atoms with van der Waals surface area (Å²) in [5.74, 6) is 0.504. The third-order valence-corrected chi connectivity index (χ3v) is 3.77. The molecule has 0 aliphatic carbocycles. The minimum atomic E-state index is -0.0763. The highest BCUT2D eigenvalue weighted by Gasteiger charge is 2.18. The zero-order valence-electron chi connectivity index (χ0n) is 14.0. The van der Waals surface area contributed by atoms with Crippen LogP contribution in [-0.2, 0) is 9.59 Å². The molecule has 3 N–H and O–H groups in total. The molecule has 0 radical (unpaired) electrons. The van der Waals surface area contributed by atoms with E-state index in [9.17, 15) is 9.59 Å². The number of nitrogens with one attached hydrogen (secondary N) is 1. The highest BCUT2D eigenvalue weighted by atomic mass is 35.5. The Labute approximate surface area is 149 Å². The number of ether oxygens (including phenoxy) is 1. The summed E-state index contributed by atoms with van der Waals surface area (Å²) in [7, 11) is 0. The van der Waals surface area contributed by atoms with Crippen molar-refractivity contribution in [3.8, 4) is 5.75 Å². The van der Waals surface area contributed by atoms with Crippen molar-refractivity contribution in [2.75, 3.05) is 25.0 Å². The van der Waals surface area contributed by atoms with Crippen molar-refractivity contribution in [2.24, 2.45) is 5.73 Å². The standard InChI is InChI=1S/C17H25N3O3.ClH/c1-13(18)7-8-16(21)19-14-5-4-6-15(11-14)23-12-17(22)20-9-2-3-10-20;/h4-6,11,13H,2-3,7-10,12,18H2,1H3,(H,19,21);1H. The minimum absolute atomic E-state index is 0. The first kappa shape index (κ1) is 20.3. The number of halogens is 1. The molecule has 7 heteroatoms. The van der Waals surface area contributed by atoms with Crippen LogP contribution in [0.4, 0.5) is 5.69 Å². The average molecular weight is 356 g/mol. The first-order valence-corrected chi connectivity index (χ1v) is 8.10. The topological polar surface area (TPSA) is 84.7 Å². The number of hydrogen-bond acceptors (Lipinski definition) is 4. The molecule has 1 aliphatic rings. The van der Waals surface area contributed by atoms with Crippen LogP contribution in [0.5, 0.6) is 5.75 Å². The SMILES string of the molecule is CC(N)CCC(=O)Nc1cccc(OCC(=O)N2CCCC2)c1.Cl. The molecular formula is C17H26ClN3O3. The summed E-state index contributed by atoms with van der Waals surface area (Å²) in [6, 6.07) is 7.08. The Morgan fingerprint density at radius 3 is 2.71 bits per heavy atom. The molecule has 0 saturated carbocycles. The van der Waals surface area contributed by atoms with Gasteiger partial charge in [0, 0.05) is 37.3 Å². The predicted octanol–water partition coefficient (Wildman–Crippen LogP) is 2.18. The molecule has 24 heavy (non-hydrogen) atoms. The van der Waals surface area contributed by atoms with Crippen molar-refractivity contribution in [3.05, 3.63) is 24.3 Å². The second-order valence-corrected chi connectivity index (χ2v) is 5.97. The van der Waals surface area contributed by atoms with Gasteiger partial charge in [0.2, 0.25) is 5.91 Å². The first-order valence-electron chi connectivity index (χ1n) is 8.10. The molecule has 1 atom stereocenters. The molecule has 1 saturated heterocycles. The predicted molar refractivity (Wildman–Crippen MR) is 96.5 cm³/mol. The largest absolute Gasteiger partial charge is 0.484 e. The molecule has 2 amide bonds. The molecule has 1 aliphatic heterocycles. The van der Waals surface area contributed by atoms with E-state index in [2.05, 4.69) is 5.32 Å². The molecule has 134 valence electrons. The molecule has 1 fully saturated rings. The maximum absolute atomic E-state index is 11.9. The van der Waals surface area contributed by atoms with E-state index in [4.69, 9.17) is 10.5 Å². The second-order valence-electron chi connectivity index (χ2n) is 5.97. The number of nitrogens with zero attached hydrogens (tertiary/aromatic N) is 1. The third kappa shape index (κ3) is 6.76. The van der Waals surface area contributed by atoms with Gasteiger partial charge in [0.1, 0.15) is 5.75 Å². The van der Waals surface area contributed by atoms with Crippen LogP contribution in [0.3, 0.4) is 0 Å². The van der Waals surface area contributed by atoms with Gasteiger partial charge in [-0.15, -0.1) is 12.4 Å². The molecule has 2 rings (SSSR count). The Morgan fingerprint density at radius 2 is 2.04 bits per heavy atom. The van der Waals surface area contributed by atoms with E-state index in [-0.39, 0.29) is 36.9 Å². The van der Waals surface area contributed by atoms with Crippen LogP contribution < -0.4 is 15.8 Å². The fraction of sp³-hybridized carbons (Fsp3) is 0.529. The van der Waals surface area contributed by atoms with Gasteiger partial charge in [0.15, 0.2) is 6.61 Å². The zero-order valence-corrected chi connectivity index (χ0v) is 14.8. The van der Waals surface area contributed by atoms with Crippen LogP contribution in [-0.4, -0.2) is 42.5 Å². The summed E-state index contributed by atoms with van der Waals surface area (Å²) in [5.41, 5.74) is 6.30. The van der Waals surface area contributed by atoms with E-state index in [1.54, 1.807) is 24.3 Å². The van der Waals surface area contributed by atoms with Gasteiger partial charge in [-0.1, -0.05) is 6.07 Å². The molecule has 0 spiro atoms. The molecule has 1 heterocycles. The summed E-state index contributed by atoms with van der Waals surface area (Å²) in [6.07, 6.45) is 3.16. The van der Waals surface area contributed by atoms with Gasteiger partial charge in [-0.2, -0.15) is 0 Å². The molecular weight excluding hydrogens is 330 g/mol.